The normalized spacial score (nSPS) is 10.8. The third-order valence-corrected chi connectivity index (χ3v) is 1.78. The summed E-state index contributed by atoms with van der Waals surface area (Å²) in [6.07, 6.45) is 0. The van der Waals surface area contributed by atoms with Crippen molar-refractivity contribution in [2.24, 2.45) is 0 Å². The largest absolute Gasteiger partial charge is 0.441 e. The molecule has 3 heteroatoms. The van der Waals surface area contributed by atoms with Crippen LogP contribution in [0.15, 0.2) is 22.6 Å². The molecule has 0 radical (unpaired) electrons. The third-order valence-electron chi connectivity index (χ3n) is 1.78. The quantitative estimate of drug-likeness (QED) is 0.695. The van der Waals surface area contributed by atoms with Gasteiger partial charge in [0.25, 0.3) is 0 Å². The number of fused-ring (bicyclic) bond motifs is 1. The van der Waals surface area contributed by atoms with Gasteiger partial charge in [-0.05, 0) is 6.07 Å². The summed E-state index contributed by atoms with van der Waals surface area (Å²) in [5, 5.41) is 8.96. The van der Waals surface area contributed by atoms with Gasteiger partial charge in [-0.2, -0.15) is 0 Å². The molecule has 0 aliphatic heterocycles. The molecule has 0 spiro atoms. The molecule has 0 bridgehead atoms. The predicted octanol–water partition coefficient (Wildman–Crippen LogP) is 1.63. The van der Waals surface area contributed by atoms with Gasteiger partial charge in [0.15, 0.2) is 11.5 Å². The summed E-state index contributed by atoms with van der Waals surface area (Å²) < 4.78 is 5.29. The number of hydrogen-bond acceptors (Lipinski definition) is 3. The van der Waals surface area contributed by atoms with Gasteiger partial charge in [0, 0.05) is 12.5 Å². The molecule has 0 saturated carbocycles. The van der Waals surface area contributed by atoms with Crippen LogP contribution in [0.4, 0.5) is 0 Å². The number of hydrogen-bond donors (Lipinski definition) is 1. The maximum absolute atomic E-state index is 8.96. The van der Waals surface area contributed by atoms with Crippen LogP contribution >= 0.6 is 0 Å². The molecule has 2 rings (SSSR count). The number of para-hydroxylation sites is 1. The number of aliphatic hydroxyl groups excluding tert-OH is 1. The summed E-state index contributed by atoms with van der Waals surface area (Å²) in [5.74, 6) is 0.630. The predicted molar refractivity (Wildman–Crippen MR) is 44.7 cm³/mol. The number of aliphatic hydroxyl groups is 1. The highest BCUT2D eigenvalue weighted by Crippen LogP contribution is 2.18. The highest BCUT2D eigenvalue weighted by Gasteiger charge is 2.05. The number of nitrogens with zero attached hydrogens (tertiary/aromatic N) is 1. The van der Waals surface area contributed by atoms with Crippen LogP contribution in [0.3, 0.4) is 0 Å². The van der Waals surface area contributed by atoms with E-state index in [2.05, 4.69) is 4.98 Å². The van der Waals surface area contributed by atoms with Crippen molar-refractivity contribution < 1.29 is 9.52 Å². The van der Waals surface area contributed by atoms with Crippen molar-refractivity contribution >= 4 is 11.1 Å². The number of aryl methyl sites for hydroxylation is 1. The van der Waals surface area contributed by atoms with E-state index < -0.39 is 0 Å². The van der Waals surface area contributed by atoms with E-state index in [0.29, 0.717) is 5.89 Å². The molecule has 0 amide bonds. The molecular formula is C9H9NO2. The molecule has 0 unspecified atom stereocenters. The Morgan fingerprint density at radius 3 is 3.08 bits per heavy atom. The van der Waals surface area contributed by atoms with E-state index in [4.69, 9.17) is 9.52 Å². The molecule has 0 atom stereocenters. The minimum absolute atomic E-state index is 0.00329. The molecule has 1 N–H and O–H groups in total. The fraction of sp³-hybridized carbons (Fsp3) is 0.222. The lowest BCUT2D eigenvalue weighted by molar-refractivity contribution is 0.283. The summed E-state index contributed by atoms with van der Waals surface area (Å²) in [6, 6.07) is 5.53. The molecular weight excluding hydrogens is 154 g/mol. The average molecular weight is 163 g/mol. The first-order chi connectivity index (χ1) is 5.81. The van der Waals surface area contributed by atoms with Gasteiger partial charge in [-0.3, -0.25) is 0 Å². The molecule has 62 valence electrons. The molecule has 1 aromatic carbocycles. The zero-order valence-electron chi connectivity index (χ0n) is 6.74. The van der Waals surface area contributed by atoms with Gasteiger partial charge in [-0.1, -0.05) is 12.1 Å². The second-order valence-electron chi connectivity index (χ2n) is 2.65. The zero-order valence-corrected chi connectivity index (χ0v) is 6.74. The van der Waals surface area contributed by atoms with Crippen LogP contribution in [0.2, 0.25) is 0 Å². The van der Waals surface area contributed by atoms with E-state index >= 15 is 0 Å². The van der Waals surface area contributed by atoms with E-state index in [0.717, 1.165) is 16.7 Å². The molecule has 0 aliphatic rings. The Bertz CT molecular complexity index is 406. The number of rotatable bonds is 1. The van der Waals surface area contributed by atoms with Crippen LogP contribution in [0, 0.1) is 6.92 Å². The number of oxazole rings is 1. The molecule has 0 aliphatic carbocycles. The van der Waals surface area contributed by atoms with Gasteiger partial charge in [-0.25, -0.2) is 4.98 Å². The van der Waals surface area contributed by atoms with Gasteiger partial charge >= 0.3 is 0 Å². The SMILES string of the molecule is Cc1nc2c(CO)cccc2o1. The molecule has 12 heavy (non-hydrogen) atoms. The van der Waals surface area contributed by atoms with Crippen molar-refractivity contribution in [1.29, 1.82) is 0 Å². The minimum atomic E-state index is 0.00329. The second kappa shape index (κ2) is 2.60. The van der Waals surface area contributed by atoms with Crippen LogP contribution < -0.4 is 0 Å². The highest BCUT2D eigenvalue weighted by molar-refractivity contribution is 5.76. The van der Waals surface area contributed by atoms with Crippen LogP contribution in [0.1, 0.15) is 11.5 Å². The Hall–Kier alpha value is -1.35. The highest BCUT2D eigenvalue weighted by atomic mass is 16.3. The monoisotopic (exact) mass is 163 g/mol. The van der Waals surface area contributed by atoms with Crippen molar-refractivity contribution in [2.45, 2.75) is 13.5 Å². The van der Waals surface area contributed by atoms with Crippen molar-refractivity contribution in [3.8, 4) is 0 Å². The topological polar surface area (TPSA) is 46.3 Å². The molecule has 2 aromatic rings. The molecule has 0 saturated heterocycles. The minimum Gasteiger partial charge on any atom is -0.441 e. The number of benzene rings is 1. The summed E-state index contributed by atoms with van der Waals surface area (Å²) in [7, 11) is 0. The van der Waals surface area contributed by atoms with Crippen LogP contribution in [0.5, 0.6) is 0 Å². The first kappa shape index (κ1) is 7.31. The lowest BCUT2D eigenvalue weighted by atomic mass is 10.2. The average Bonchev–Trinajstić information content (AvgIpc) is 2.44. The molecule has 1 heterocycles. The van der Waals surface area contributed by atoms with Crippen LogP contribution in [-0.4, -0.2) is 10.1 Å². The second-order valence-corrected chi connectivity index (χ2v) is 2.65. The first-order valence-electron chi connectivity index (χ1n) is 3.77. The van der Waals surface area contributed by atoms with E-state index in [-0.39, 0.29) is 6.61 Å². The molecule has 1 aromatic heterocycles. The maximum Gasteiger partial charge on any atom is 0.192 e. The Labute approximate surface area is 69.7 Å². The fourth-order valence-electron chi connectivity index (χ4n) is 1.24. The van der Waals surface area contributed by atoms with Gasteiger partial charge in [-0.15, -0.1) is 0 Å². The van der Waals surface area contributed by atoms with Gasteiger partial charge < -0.3 is 9.52 Å². The first-order valence-corrected chi connectivity index (χ1v) is 3.77. The Balaban J connectivity index is 2.78. The fourth-order valence-corrected chi connectivity index (χ4v) is 1.24. The Morgan fingerprint density at radius 1 is 1.50 bits per heavy atom. The lowest BCUT2D eigenvalue weighted by Crippen LogP contribution is -1.83. The van der Waals surface area contributed by atoms with Gasteiger partial charge in [0.2, 0.25) is 0 Å². The van der Waals surface area contributed by atoms with Crippen molar-refractivity contribution in [1.82, 2.24) is 4.98 Å². The third kappa shape index (κ3) is 0.987. The summed E-state index contributed by atoms with van der Waals surface area (Å²) in [4.78, 5) is 4.16. The van der Waals surface area contributed by atoms with Crippen molar-refractivity contribution in [3.63, 3.8) is 0 Å². The summed E-state index contributed by atoms with van der Waals surface area (Å²) in [6.45, 7) is 1.80. The standard InChI is InChI=1S/C9H9NO2/c1-6-10-9-7(5-11)3-2-4-8(9)12-6/h2-4,11H,5H2,1H3. The van der Waals surface area contributed by atoms with E-state index in [1.54, 1.807) is 6.92 Å². The Morgan fingerprint density at radius 2 is 2.33 bits per heavy atom. The summed E-state index contributed by atoms with van der Waals surface area (Å²) in [5.41, 5.74) is 2.31. The van der Waals surface area contributed by atoms with E-state index in [1.807, 2.05) is 18.2 Å². The van der Waals surface area contributed by atoms with Crippen LogP contribution in [-0.2, 0) is 6.61 Å². The van der Waals surface area contributed by atoms with Crippen molar-refractivity contribution in [3.05, 3.63) is 29.7 Å². The smallest absolute Gasteiger partial charge is 0.192 e. The van der Waals surface area contributed by atoms with Crippen LogP contribution in [0.25, 0.3) is 11.1 Å². The molecule has 0 fully saturated rings. The van der Waals surface area contributed by atoms with Gasteiger partial charge in [0.05, 0.1) is 6.61 Å². The molecule has 3 nitrogen and oxygen atoms in total. The van der Waals surface area contributed by atoms with E-state index in [9.17, 15) is 0 Å². The van der Waals surface area contributed by atoms with E-state index in [1.165, 1.54) is 0 Å². The lowest BCUT2D eigenvalue weighted by Gasteiger charge is -1.93. The maximum atomic E-state index is 8.96. The van der Waals surface area contributed by atoms with Crippen molar-refractivity contribution in [2.75, 3.05) is 0 Å². The Kier molecular flexibility index (Phi) is 1.59. The van der Waals surface area contributed by atoms with Gasteiger partial charge in [0.1, 0.15) is 5.52 Å². The number of aromatic nitrogens is 1. The zero-order chi connectivity index (χ0) is 8.55. The summed E-state index contributed by atoms with van der Waals surface area (Å²) >= 11 is 0.